The van der Waals surface area contributed by atoms with Crippen LogP contribution in [0.4, 0.5) is 33.5 Å². The number of phenolic OH excluding ortho intramolecular Hbond substituents is 1. The number of hydrogen-bond donors (Lipinski definition) is 1. The van der Waals surface area contributed by atoms with Gasteiger partial charge in [0.2, 0.25) is 0 Å². The van der Waals surface area contributed by atoms with E-state index in [1.54, 1.807) is 12.1 Å². The van der Waals surface area contributed by atoms with Crippen LogP contribution in [0.5, 0.6) is 5.75 Å². The van der Waals surface area contributed by atoms with Crippen molar-refractivity contribution in [2.75, 3.05) is 23.9 Å². The second-order valence-electron chi connectivity index (χ2n) is 6.61. The quantitative estimate of drug-likeness (QED) is 0.387. The van der Waals surface area contributed by atoms with Crippen molar-refractivity contribution in [2.24, 2.45) is 10.2 Å². The van der Waals surface area contributed by atoms with Gasteiger partial charge in [-0.15, -0.1) is 10.2 Å². The Morgan fingerprint density at radius 2 is 1.84 bits per heavy atom. The predicted octanol–water partition coefficient (Wildman–Crippen LogP) is 3.61. The number of azo groups is 1. The van der Waals surface area contributed by atoms with Crippen molar-refractivity contribution in [3.8, 4) is 5.75 Å². The van der Waals surface area contributed by atoms with Gasteiger partial charge >= 0.3 is 6.03 Å². The van der Waals surface area contributed by atoms with Crippen molar-refractivity contribution < 1.29 is 19.6 Å². The van der Waals surface area contributed by atoms with Crippen LogP contribution in [0.1, 0.15) is 10.4 Å². The lowest BCUT2D eigenvalue weighted by atomic mass is 10.2. The maximum absolute atomic E-state index is 13.0. The zero-order chi connectivity index (χ0) is 22.3. The van der Waals surface area contributed by atoms with Gasteiger partial charge in [-0.25, -0.2) is 4.79 Å². The van der Waals surface area contributed by atoms with Crippen molar-refractivity contribution in [2.45, 2.75) is 0 Å². The number of anilines is 2. The number of aromatic hydroxyl groups is 1. The number of fused-ring (bicyclic) bond motifs is 2. The molecular weight excluding hydrogens is 406 g/mol. The Balaban J connectivity index is 1.82. The standard InChI is InChI=1S/C19H15N7O5/c1-23-16-15(21-20-11-6-5-7-12(10-11)26(30)31)17(24(2)19(23)29)25(22-16)18(28)13-8-3-4-9-14(13)27/h3-10,27H,1-2H3. The number of phenols is 1. The number of non-ortho nitro benzene ring substituents is 1. The molecule has 2 bridgehead atoms. The number of hydrogen-bond acceptors (Lipinski definition) is 8. The van der Waals surface area contributed by atoms with Crippen molar-refractivity contribution in [1.29, 1.82) is 0 Å². The number of nitro groups is 1. The summed E-state index contributed by atoms with van der Waals surface area (Å²) in [6.07, 6.45) is 0. The van der Waals surface area contributed by atoms with Crippen LogP contribution in [-0.2, 0) is 0 Å². The number of nitro benzene ring substituents is 1. The Morgan fingerprint density at radius 3 is 2.55 bits per heavy atom. The summed E-state index contributed by atoms with van der Waals surface area (Å²) in [5.74, 6) is -0.769. The maximum atomic E-state index is 13.0. The van der Waals surface area contributed by atoms with Crippen LogP contribution in [-0.4, -0.2) is 45.8 Å². The van der Waals surface area contributed by atoms with Gasteiger partial charge in [0.25, 0.3) is 11.6 Å². The third kappa shape index (κ3) is 3.25. The Hall–Kier alpha value is -4.61. The molecule has 1 aliphatic heterocycles. The van der Waals surface area contributed by atoms with Gasteiger partial charge in [0.15, 0.2) is 17.3 Å². The maximum Gasteiger partial charge on any atom is 0.330 e. The molecule has 0 atom stereocenters. The molecule has 156 valence electrons. The third-order valence-electron chi connectivity index (χ3n) is 4.66. The van der Waals surface area contributed by atoms with Crippen LogP contribution in [0.2, 0.25) is 0 Å². The molecule has 0 spiro atoms. The smallest absolute Gasteiger partial charge is 0.330 e. The number of benzene rings is 2. The molecule has 0 unspecified atom stereocenters. The molecule has 31 heavy (non-hydrogen) atoms. The lowest BCUT2D eigenvalue weighted by Gasteiger charge is -2.26. The Bertz CT molecular complexity index is 1270. The summed E-state index contributed by atoms with van der Waals surface area (Å²) in [7, 11) is 2.91. The van der Waals surface area contributed by atoms with E-state index < -0.39 is 16.9 Å². The van der Waals surface area contributed by atoms with Crippen molar-refractivity contribution in [3.63, 3.8) is 0 Å². The van der Waals surface area contributed by atoms with E-state index in [9.17, 15) is 24.8 Å². The summed E-state index contributed by atoms with van der Waals surface area (Å²) >= 11 is 0. The van der Waals surface area contributed by atoms with Crippen LogP contribution in [0.3, 0.4) is 0 Å². The molecule has 12 heteroatoms. The molecule has 0 radical (unpaired) electrons. The van der Waals surface area contributed by atoms with Gasteiger partial charge in [0, 0.05) is 26.2 Å². The molecule has 12 nitrogen and oxygen atoms in total. The van der Waals surface area contributed by atoms with Crippen LogP contribution in [0, 0.1) is 10.1 Å². The molecule has 2 aromatic carbocycles. The molecule has 1 aromatic heterocycles. The zero-order valence-corrected chi connectivity index (χ0v) is 16.3. The molecule has 3 aromatic rings. The first kappa shape index (κ1) is 19.7. The van der Waals surface area contributed by atoms with E-state index >= 15 is 0 Å². The summed E-state index contributed by atoms with van der Waals surface area (Å²) in [5, 5.41) is 33.4. The van der Waals surface area contributed by atoms with E-state index in [1.807, 2.05) is 0 Å². The number of urea groups is 1. The number of para-hydroxylation sites is 1. The van der Waals surface area contributed by atoms with Gasteiger partial charge in [-0.1, -0.05) is 18.2 Å². The molecule has 1 N–H and O–H groups in total. The van der Waals surface area contributed by atoms with Crippen molar-refractivity contribution in [1.82, 2.24) is 9.78 Å². The van der Waals surface area contributed by atoms with Crippen LogP contribution < -0.4 is 9.80 Å². The van der Waals surface area contributed by atoms with Gasteiger partial charge in [-0.2, -0.15) is 9.80 Å². The van der Waals surface area contributed by atoms with Gasteiger partial charge in [-0.3, -0.25) is 24.7 Å². The Labute approximate surface area is 174 Å². The minimum Gasteiger partial charge on any atom is -0.507 e. The first-order valence-corrected chi connectivity index (χ1v) is 8.93. The van der Waals surface area contributed by atoms with Crippen LogP contribution in [0.15, 0.2) is 58.8 Å². The summed E-state index contributed by atoms with van der Waals surface area (Å²) in [6.45, 7) is 0. The second kappa shape index (κ2) is 7.33. The largest absolute Gasteiger partial charge is 0.507 e. The second-order valence-corrected chi connectivity index (χ2v) is 6.61. The minimum atomic E-state index is -0.666. The molecule has 2 heterocycles. The molecule has 1 aliphatic rings. The number of carbonyl (C=O) groups excluding carboxylic acids is 2. The highest BCUT2D eigenvalue weighted by Crippen LogP contribution is 2.43. The van der Waals surface area contributed by atoms with E-state index in [0.29, 0.717) is 0 Å². The van der Waals surface area contributed by atoms with Gasteiger partial charge in [0.05, 0.1) is 16.2 Å². The summed E-state index contributed by atoms with van der Waals surface area (Å²) in [5.41, 5.74) is 0.173. The monoisotopic (exact) mass is 421 g/mol. The minimum absolute atomic E-state index is 0.00891. The summed E-state index contributed by atoms with van der Waals surface area (Å²) in [6, 6.07) is 11.0. The average molecular weight is 421 g/mol. The molecule has 4 rings (SSSR count). The zero-order valence-electron chi connectivity index (χ0n) is 16.3. The highest BCUT2D eigenvalue weighted by atomic mass is 16.6. The highest BCUT2D eigenvalue weighted by Gasteiger charge is 2.38. The first-order valence-electron chi connectivity index (χ1n) is 8.93. The molecule has 0 saturated carbocycles. The fourth-order valence-corrected chi connectivity index (χ4v) is 3.10. The fourth-order valence-electron chi connectivity index (χ4n) is 3.10. The summed E-state index contributed by atoms with van der Waals surface area (Å²) < 4.78 is 0.966. The first-order chi connectivity index (χ1) is 14.8. The van der Waals surface area contributed by atoms with E-state index in [-0.39, 0.29) is 40.0 Å². The SMILES string of the molecule is CN1C(=O)N(C)c2c(N=Nc3cccc([N+](=O)[O-])c3)c1nn2C(=O)c1ccccc1O. The van der Waals surface area contributed by atoms with E-state index in [0.717, 1.165) is 4.68 Å². The lowest BCUT2D eigenvalue weighted by molar-refractivity contribution is -0.384. The van der Waals surface area contributed by atoms with Gasteiger partial charge < -0.3 is 5.11 Å². The number of amides is 2. The topological polar surface area (TPSA) is 147 Å². The number of carbonyl (C=O) groups is 2. The van der Waals surface area contributed by atoms with Crippen LogP contribution >= 0.6 is 0 Å². The van der Waals surface area contributed by atoms with E-state index in [2.05, 4.69) is 15.3 Å². The van der Waals surface area contributed by atoms with E-state index in [4.69, 9.17) is 0 Å². The van der Waals surface area contributed by atoms with Gasteiger partial charge in [-0.05, 0) is 18.2 Å². The number of rotatable bonds is 4. The average Bonchev–Trinajstić information content (AvgIpc) is 3.11. The fraction of sp³-hybridized carbons (Fsp3) is 0.105. The van der Waals surface area contributed by atoms with Gasteiger partial charge in [0.1, 0.15) is 5.75 Å². The highest BCUT2D eigenvalue weighted by molar-refractivity contribution is 6.13. The molecule has 2 amide bonds. The van der Waals surface area contributed by atoms with Crippen molar-refractivity contribution >= 4 is 40.6 Å². The Morgan fingerprint density at radius 1 is 1.10 bits per heavy atom. The Kier molecular flexibility index (Phi) is 4.66. The normalized spacial score (nSPS) is 13.2. The molecule has 0 saturated heterocycles. The van der Waals surface area contributed by atoms with E-state index in [1.165, 1.54) is 60.3 Å². The van der Waals surface area contributed by atoms with Crippen molar-refractivity contribution in [3.05, 3.63) is 64.2 Å². The molecular formula is C19H15N7O5. The lowest BCUT2D eigenvalue weighted by Crippen LogP contribution is -2.41. The molecule has 0 aliphatic carbocycles. The third-order valence-corrected chi connectivity index (χ3v) is 4.66. The van der Waals surface area contributed by atoms with Crippen LogP contribution in [0.25, 0.3) is 0 Å². The predicted molar refractivity (Wildman–Crippen MR) is 110 cm³/mol. The number of nitrogens with zero attached hydrogens (tertiary/aromatic N) is 7. The molecule has 0 fully saturated rings. The summed E-state index contributed by atoms with van der Waals surface area (Å²) in [4.78, 5) is 38.3. The number of aromatic nitrogens is 2.